The molecule has 1 aromatic heterocycles. The summed E-state index contributed by atoms with van der Waals surface area (Å²) < 4.78 is 6.41. The smallest absolute Gasteiger partial charge is 0.134 e. The topological polar surface area (TPSA) is 77.1 Å². The molecule has 0 radical (unpaired) electrons. The Morgan fingerprint density at radius 3 is 2.53 bits per heavy atom. The van der Waals surface area contributed by atoms with Crippen LogP contribution < -0.4 is 5.11 Å². The van der Waals surface area contributed by atoms with Gasteiger partial charge in [0.25, 0.3) is 0 Å². The fourth-order valence-corrected chi connectivity index (χ4v) is 1.74. The molecule has 0 aliphatic carbocycles. The molecule has 0 bridgehead atoms. The number of halogens is 1. The zero-order valence-electron chi connectivity index (χ0n) is 9.59. The highest BCUT2D eigenvalue weighted by atomic mass is 79.9. The van der Waals surface area contributed by atoms with Crippen LogP contribution >= 0.6 is 15.9 Å². The summed E-state index contributed by atoms with van der Waals surface area (Å²) in [5.41, 5.74) is 0.381. The number of hydrogen-bond acceptors (Lipinski definition) is 4. The molecule has 2 aromatic rings. The number of hydrogen-bond donors (Lipinski definition) is 0. The molecule has 2 rings (SSSR count). The maximum atomic E-state index is 10.6. The third kappa shape index (κ3) is 3.12. The van der Waals surface area contributed by atoms with Gasteiger partial charge >= 0.3 is 0 Å². The van der Waals surface area contributed by atoms with E-state index in [0.717, 1.165) is 16.1 Å². The number of aliphatic carboxylic acids is 1. The number of carboxylic acids is 1. The largest absolute Gasteiger partial charge is 0.544 e. The molecular weight excluding hydrogens is 310 g/mol. The van der Waals surface area contributed by atoms with Gasteiger partial charge in [-0.15, -0.1) is 0 Å². The SMILES string of the molecule is N#C/C(=C/c1ccc(-c2ccc(Br)cc2)o1)C(=O)[O-]. The van der Waals surface area contributed by atoms with E-state index in [-0.39, 0.29) is 0 Å². The van der Waals surface area contributed by atoms with Crippen LogP contribution in [-0.4, -0.2) is 5.97 Å². The van der Waals surface area contributed by atoms with Crippen molar-refractivity contribution in [3.63, 3.8) is 0 Å². The van der Waals surface area contributed by atoms with Crippen molar-refractivity contribution in [1.29, 1.82) is 5.26 Å². The van der Waals surface area contributed by atoms with E-state index in [9.17, 15) is 9.90 Å². The molecule has 0 saturated heterocycles. The summed E-state index contributed by atoms with van der Waals surface area (Å²) in [5, 5.41) is 19.2. The van der Waals surface area contributed by atoms with Crippen molar-refractivity contribution in [2.75, 3.05) is 0 Å². The van der Waals surface area contributed by atoms with Crippen LogP contribution in [0.25, 0.3) is 17.4 Å². The lowest BCUT2D eigenvalue weighted by Gasteiger charge is -1.98. The quantitative estimate of drug-likeness (QED) is 0.643. The number of carbonyl (C=O) groups excluding carboxylic acids is 1. The van der Waals surface area contributed by atoms with Gasteiger partial charge in [0.1, 0.15) is 17.6 Å². The van der Waals surface area contributed by atoms with Crippen LogP contribution in [-0.2, 0) is 4.79 Å². The highest BCUT2D eigenvalue weighted by Gasteiger charge is 2.05. The third-order valence-electron chi connectivity index (χ3n) is 2.38. The summed E-state index contributed by atoms with van der Waals surface area (Å²) in [5.74, 6) is -0.642. The van der Waals surface area contributed by atoms with Crippen molar-refractivity contribution in [2.24, 2.45) is 0 Å². The van der Waals surface area contributed by atoms with Crippen molar-refractivity contribution in [2.45, 2.75) is 0 Å². The first-order valence-electron chi connectivity index (χ1n) is 5.29. The molecule has 19 heavy (non-hydrogen) atoms. The minimum Gasteiger partial charge on any atom is -0.544 e. The van der Waals surface area contributed by atoms with Gasteiger partial charge in [-0.3, -0.25) is 0 Å². The van der Waals surface area contributed by atoms with Gasteiger partial charge in [0, 0.05) is 16.1 Å². The second-order valence-corrected chi connectivity index (χ2v) is 4.58. The maximum Gasteiger partial charge on any atom is 0.134 e. The van der Waals surface area contributed by atoms with E-state index in [0.29, 0.717) is 11.5 Å². The molecule has 0 aliphatic heterocycles. The lowest BCUT2D eigenvalue weighted by atomic mass is 10.2. The molecule has 0 amide bonds. The van der Waals surface area contributed by atoms with Gasteiger partial charge in [-0.25, -0.2) is 0 Å². The number of nitriles is 1. The van der Waals surface area contributed by atoms with Gasteiger partial charge in [-0.05, 0) is 24.3 Å². The van der Waals surface area contributed by atoms with Crippen LogP contribution in [0.15, 0.2) is 50.9 Å². The molecule has 1 aromatic carbocycles. The van der Waals surface area contributed by atoms with Crippen LogP contribution in [0.2, 0.25) is 0 Å². The van der Waals surface area contributed by atoms with Crippen LogP contribution in [0.5, 0.6) is 0 Å². The van der Waals surface area contributed by atoms with E-state index >= 15 is 0 Å². The average Bonchev–Trinajstić information content (AvgIpc) is 2.85. The van der Waals surface area contributed by atoms with Crippen molar-refractivity contribution >= 4 is 28.0 Å². The Labute approximate surface area is 117 Å². The Morgan fingerprint density at radius 2 is 1.95 bits per heavy atom. The summed E-state index contributed by atoms with van der Waals surface area (Å²) in [6.07, 6.45) is 1.14. The van der Waals surface area contributed by atoms with Gasteiger partial charge in [0.05, 0.1) is 11.5 Å². The zero-order valence-corrected chi connectivity index (χ0v) is 11.2. The first-order valence-corrected chi connectivity index (χ1v) is 6.08. The number of carboxylic acid groups (broad SMARTS) is 1. The van der Waals surface area contributed by atoms with E-state index in [4.69, 9.17) is 9.68 Å². The molecule has 0 N–H and O–H groups in total. The second-order valence-electron chi connectivity index (χ2n) is 3.67. The Kier molecular flexibility index (Phi) is 3.83. The van der Waals surface area contributed by atoms with Crippen molar-refractivity contribution in [3.05, 3.63) is 52.2 Å². The molecule has 0 fully saturated rings. The van der Waals surface area contributed by atoms with E-state index in [1.807, 2.05) is 24.3 Å². The molecule has 0 spiro atoms. The Hall–Kier alpha value is -2.32. The van der Waals surface area contributed by atoms with E-state index < -0.39 is 11.5 Å². The summed E-state index contributed by atoms with van der Waals surface area (Å²) in [7, 11) is 0. The summed E-state index contributed by atoms with van der Waals surface area (Å²) in [6, 6.07) is 12.3. The van der Waals surface area contributed by atoms with E-state index in [2.05, 4.69) is 15.9 Å². The summed E-state index contributed by atoms with van der Waals surface area (Å²) in [6.45, 7) is 0. The first-order chi connectivity index (χ1) is 9.10. The van der Waals surface area contributed by atoms with Gasteiger partial charge in [0.15, 0.2) is 0 Å². The minimum atomic E-state index is -1.52. The molecular formula is C14H7BrNO3-. The number of carbonyl (C=O) groups is 1. The van der Waals surface area contributed by atoms with Gasteiger partial charge in [-0.1, -0.05) is 28.1 Å². The fraction of sp³-hybridized carbons (Fsp3) is 0. The third-order valence-corrected chi connectivity index (χ3v) is 2.91. The predicted octanol–water partition coefficient (Wildman–Crippen LogP) is 2.37. The Bertz CT molecular complexity index is 677. The van der Waals surface area contributed by atoms with Crippen LogP contribution in [0.1, 0.15) is 5.76 Å². The van der Waals surface area contributed by atoms with Gasteiger partial charge in [0.2, 0.25) is 0 Å². The number of rotatable bonds is 3. The molecule has 1 heterocycles. The molecule has 0 saturated carbocycles. The van der Waals surface area contributed by atoms with Crippen LogP contribution in [0.3, 0.4) is 0 Å². The average molecular weight is 317 g/mol. The Balaban J connectivity index is 2.32. The first kappa shape index (κ1) is 13.1. The summed E-state index contributed by atoms with van der Waals surface area (Å²) >= 11 is 3.33. The molecule has 0 atom stereocenters. The zero-order chi connectivity index (χ0) is 13.8. The number of nitrogens with zero attached hydrogens (tertiary/aromatic N) is 1. The van der Waals surface area contributed by atoms with Crippen LogP contribution in [0, 0.1) is 11.3 Å². The molecule has 5 heteroatoms. The van der Waals surface area contributed by atoms with Crippen molar-refractivity contribution in [1.82, 2.24) is 0 Å². The molecule has 4 nitrogen and oxygen atoms in total. The van der Waals surface area contributed by atoms with Crippen LogP contribution in [0.4, 0.5) is 0 Å². The minimum absolute atomic E-state index is 0.290. The standard InChI is InChI=1S/C14H8BrNO3/c15-11-3-1-9(2-4-11)13-6-5-12(19-13)7-10(8-16)14(17)18/h1-7H,(H,17,18)/p-1/b10-7-. The van der Waals surface area contributed by atoms with Gasteiger partial charge in [-0.2, -0.15) is 5.26 Å². The lowest BCUT2D eigenvalue weighted by Crippen LogP contribution is -2.23. The lowest BCUT2D eigenvalue weighted by molar-refractivity contribution is -0.298. The van der Waals surface area contributed by atoms with E-state index in [1.54, 1.807) is 12.1 Å². The monoisotopic (exact) mass is 316 g/mol. The maximum absolute atomic E-state index is 10.6. The number of benzene rings is 1. The van der Waals surface area contributed by atoms with E-state index in [1.165, 1.54) is 6.07 Å². The second kappa shape index (κ2) is 5.55. The Morgan fingerprint density at radius 1 is 1.26 bits per heavy atom. The van der Waals surface area contributed by atoms with Crippen molar-refractivity contribution < 1.29 is 14.3 Å². The van der Waals surface area contributed by atoms with Crippen molar-refractivity contribution in [3.8, 4) is 17.4 Å². The molecule has 94 valence electrons. The normalized spacial score (nSPS) is 11.1. The molecule has 0 aliphatic rings. The predicted molar refractivity (Wildman–Crippen MR) is 70.4 cm³/mol. The fourth-order valence-electron chi connectivity index (χ4n) is 1.48. The summed E-state index contributed by atoms with van der Waals surface area (Å²) in [4.78, 5) is 10.6. The number of furan rings is 1. The highest BCUT2D eigenvalue weighted by Crippen LogP contribution is 2.24. The highest BCUT2D eigenvalue weighted by molar-refractivity contribution is 9.10. The van der Waals surface area contributed by atoms with Gasteiger partial charge < -0.3 is 14.3 Å². The molecule has 0 unspecified atom stereocenters.